The molecule has 0 fully saturated rings. The van der Waals surface area contributed by atoms with E-state index in [9.17, 15) is 9.59 Å². The van der Waals surface area contributed by atoms with Crippen LogP contribution in [0.5, 0.6) is 0 Å². The van der Waals surface area contributed by atoms with Crippen LogP contribution in [-0.4, -0.2) is 31.9 Å². The minimum absolute atomic E-state index is 0.121. The molecule has 0 spiro atoms. The number of rotatable bonds is 9. The highest BCUT2D eigenvalue weighted by Crippen LogP contribution is 2.26. The lowest BCUT2D eigenvalue weighted by molar-refractivity contribution is -0.137. The molecule has 0 aliphatic carbocycles. The molecule has 2 N–H and O–H groups in total. The Bertz CT molecular complexity index is 1610. The van der Waals surface area contributed by atoms with Crippen LogP contribution in [0.1, 0.15) is 53.8 Å². The molecule has 2 heterocycles. The second-order valence-corrected chi connectivity index (χ2v) is 9.33. The van der Waals surface area contributed by atoms with E-state index >= 15 is 0 Å². The maximum absolute atomic E-state index is 13.2. The maximum Gasteiger partial charge on any atom is 0.303 e. The molecule has 7 nitrogen and oxygen atoms in total. The number of pyridine rings is 1. The smallest absolute Gasteiger partial charge is 0.303 e. The first-order chi connectivity index (χ1) is 18.5. The van der Waals surface area contributed by atoms with Gasteiger partial charge in [-0.1, -0.05) is 54.6 Å². The van der Waals surface area contributed by atoms with E-state index in [1.807, 2.05) is 73.8 Å². The van der Waals surface area contributed by atoms with E-state index in [0.29, 0.717) is 35.9 Å². The van der Waals surface area contributed by atoms with Gasteiger partial charge in [0.05, 0.1) is 28.5 Å². The molecule has 0 saturated heterocycles. The maximum atomic E-state index is 13.2. The molecule has 0 aliphatic rings. The number of hydrogen-bond acceptors (Lipinski definition) is 5. The summed E-state index contributed by atoms with van der Waals surface area (Å²) in [4.78, 5) is 38.3. The van der Waals surface area contributed by atoms with Crippen molar-refractivity contribution >= 4 is 33.7 Å². The minimum Gasteiger partial charge on any atom is -0.481 e. The third kappa shape index (κ3) is 5.52. The molecule has 0 bridgehead atoms. The lowest BCUT2D eigenvalue weighted by Gasteiger charge is -2.16. The van der Waals surface area contributed by atoms with E-state index in [1.54, 1.807) is 18.3 Å². The molecule has 1 amide bonds. The van der Waals surface area contributed by atoms with Crippen LogP contribution in [0.2, 0.25) is 0 Å². The number of unbranched alkanes of at least 4 members (excludes halogenated alkanes) is 1. The molecular formula is C31H28N4O3. The van der Waals surface area contributed by atoms with Crippen molar-refractivity contribution in [3.8, 4) is 11.3 Å². The summed E-state index contributed by atoms with van der Waals surface area (Å²) in [7, 11) is 0. The third-order valence-electron chi connectivity index (χ3n) is 6.61. The van der Waals surface area contributed by atoms with Gasteiger partial charge in [-0.3, -0.25) is 14.6 Å². The van der Waals surface area contributed by atoms with Gasteiger partial charge in [0.25, 0.3) is 5.91 Å². The number of aliphatic carboxylic acids is 1. The molecule has 0 saturated carbocycles. The van der Waals surface area contributed by atoms with E-state index in [1.165, 1.54) is 0 Å². The van der Waals surface area contributed by atoms with Crippen LogP contribution in [-0.2, 0) is 11.2 Å². The van der Waals surface area contributed by atoms with Crippen molar-refractivity contribution in [1.29, 1.82) is 0 Å². The Kier molecular flexibility index (Phi) is 7.35. The number of amides is 1. The van der Waals surface area contributed by atoms with Crippen LogP contribution in [0.15, 0.2) is 85.2 Å². The van der Waals surface area contributed by atoms with Crippen LogP contribution >= 0.6 is 0 Å². The molecule has 5 aromatic rings. The predicted octanol–water partition coefficient (Wildman–Crippen LogP) is 6.13. The van der Waals surface area contributed by atoms with Gasteiger partial charge in [0.15, 0.2) is 0 Å². The van der Waals surface area contributed by atoms with Gasteiger partial charge in [0.1, 0.15) is 0 Å². The van der Waals surface area contributed by atoms with Crippen molar-refractivity contribution in [3.05, 3.63) is 102 Å². The van der Waals surface area contributed by atoms with Gasteiger partial charge in [0, 0.05) is 40.9 Å². The number of carboxylic acids is 1. The minimum atomic E-state index is -0.804. The van der Waals surface area contributed by atoms with Gasteiger partial charge in [-0.25, -0.2) is 9.97 Å². The van der Waals surface area contributed by atoms with Crippen molar-refractivity contribution in [3.63, 3.8) is 0 Å². The second kappa shape index (κ2) is 11.2. The number of carbonyl (C=O) groups is 2. The number of aryl methyl sites for hydroxylation is 1. The van der Waals surface area contributed by atoms with Crippen molar-refractivity contribution in [1.82, 2.24) is 20.3 Å². The molecule has 0 radical (unpaired) electrons. The molecule has 1 atom stereocenters. The van der Waals surface area contributed by atoms with E-state index < -0.39 is 5.97 Å². The van der Waals surface area contributed by atoms with E-state index in [-0.39, 0.29) is 18.4 Å². The zero-order chi connectivity index (χ0) is 26.5. The Morgan fingerprint density at radius 2 is 1.68 bits per heavy atom. The lowest BCUT2D eigenvalue weighted by Crippen LogP contribution is -2.26. The molecular weight excluding hydrogens is 476 g/mol. The molecule has 7 heteroatoms. The van der Waals surface area contributed by atoms with Crippen LogP contribution < -0.4 is 5.32 Å². The highest BCUT2D eigenvalue weighted by molar-refractivity contribution is 5.98. The fourth-order valence-corrected chi connectivity index (χ4v) is 4.64. The molecule has 5 rings (SSSR count). The van der Waals surface area contributed by atoms with Crippen LogP contribution in [0.25, 0.3) is 33.1 Å². The topological polar surface area (TPSA) is 105 Å². The molecule has 2 aromatic heterocycles. The summed E-state index contributed by atoms with van der Waals surface area (Å²) in [6.45, 7) is 1.95. The highest BCUT2D eigenvalue weighted by atomic mass is 16.4. The number of nitrogens with zero attached hydrogens (tertiary/aromatic N) is 3. The summed E-state index contributed by atoms with van der Waals surface area (Å²) < 4.78 is 0. The Balaban J connectivity index is 1.43. The summed E-state index contributed by atoms with van der Waals surface area (Å²) in [6, 6.07) is 22.9. The number of aromatic nitrogens is 3. The predicted molar refractivity (Wildman–Crippen MR) is 148 cm³/mol. The van der Waals surface area contributed by atoms with Gasteiger partial charge in [-0.15, -0.1) is 0 Å². The Morgan fingerprint density at radius 1 is 0.895 bits per heavy atom. The molecule has 38 heavy (non-hydrogen) atoms. The number of benzene rings is 3. The molecule has 3 aromatic carbocycles. The largest absolute Gasteiger partial charge is 0.481 e. The number of fused-ring (bicyclic) bond motifs is 2. The van der Waals surface area contributed by atoms with Crippen LogP contribution in [0.4, 0.5) is 0 Å². The van der Waals surface area contributed by atoms with E-state index in [2.05, 4.69) is 10.3 Å². The standard InChI is InChI=1S/C31H28N4O3/c1-20(25-19-32-18-23-11-5-6-12-24(23)25)33-31(38)22-15-16-26-28(17-22)34-27(13-7-8-14-29(36)37)30(35-26)21-9-3-2-4-10-21/h2-6,9-12,15-20H,7-8,13-14H2,1H3,(H,33,38)(H,36,37)/t20-/m0/s1. The summed E-state index contributed by atoms with van der Waals surface area (Å²) in [5.74, 6) is -1.01. The highest BCUT2D eigenvalue weighted by Gasteiger charge is 2.17. The number of carboxylic acid groups (broad SMARTS) is 1. The summed E-state index contributed by atoms with van der Waals surface area (Å²) in [5, 5.41) is 14.2. The first-order valence-electron chi connectivity index (χ1n) is 12.7. The van der Waals surface area contributed by atoms with Crippen LogP contribution in [0.3, 0.4) is 0 Å². The van der Waals surface area contributed by atoms with Gasteiger partial charge < -0.3 is 10.4 Å². The SMILES string of the molecule is C[C@H](NC(=O)c1ccc2nc(-c3ccccc3)c(CCCCC(=O)O)nc2c1)c1cncc2ccccc12. The summed E-state index contributed by atoms with van der Waals surface area (Å²) in [5.41, 5.74) is 5.30. The fraction of sp³-hybridized carbons (Fsp3) is 0.194. The summed E-state index contributed by atoms with van der Waals surface area (Å²) in [6.07, 6.45) is 5.58. The van der Waals surface area contributed by atoms with Crippen molar-refractivity contribution in [2.45, 2.75) is 38.6 Å². The third-order valence-corrected chi connectivity index (χ3v) is 6.61. The van der Waals surface area contributed by atoms with E-state index in [0.717, 1.165) is 33.3 Å². The normalized spacial score (nSPS) is 11.9. The van der Waals surface area contributed by atoms with Gasteiger partial charge in [0.2, 0.25) is 0 Å². The van der Waals surface area contributed by atoms with Gasteiger partial charge in [-0.05, 0) is 49.8 Å². The lowest BCUT2D eigenvalue weighted by atomic mass is 10.0. The average molecular weight is 505 g/mol. The first-order valence-corrected chi connectivity index (χ1v) is 12.7. The second-order valence-electron chi connectivity index (χ2n) is 9.33. The monoisotopic (exact) mass is 504 g/mol. The quantitative estimate of drug-likeness (QED) is 0.234. The summed E-state index contributed by atoms with van der Waals surface area (Å²) >= 11 is 0. The Labute approximate surface area is 220 Å². The molecule has 190 valence electrons. The number of carbonyl (C=O) groups excluding carboxylic acids is 1. The van der Waals surface area contributed by atoms with Crippen molar-refractivity contribution < 1.29 is 14.7 Å². The zero-order valence-electron chi connectivity index (χ0n) is 21.1. The average Bonchev–Trinajstić information content (AvgIpc) is 2.94. The van der Waals surface area contributed by atoms with Gasteiger partial charge in [-0.2, -0.15) is 0 Å². The van der Waals surface area contributed by atoms with Crippen molar-refractivity contribution in [2.75, 3.05) is 0 Å². The Morgan fingerprint density at radius 3 is 2.50 bits per heavy atom. The Hall–Kier alpha value is -4.65. The van der Waals surface area contributed by atoms with Crippen molar-refractivity contribution in [2.24, 2.45) is 0 Å². The van der Waals surface area contributed by atoms with Gasteiger partial charge >= 0.3 is 5.97 Å². The first kappa shape index (κ1) is 25.0. The van der Waals surface area contributed by atoms with Crippen LogP contribution in [0, 0.1) is 0 Å². The fourth-order valence-electron chi connectivity index (χ4n) is 4.64. The molecule has 0 aliphatic heterocycles. The molecule has 0 unspecified atom stereocenters. The van der Waals surface area contributed by atoms with E-state index in [4.69, 9.17) is 15.1 Å². The zero-order valence-corrected chi connectivity index (χ0v) is 21.1. The number of hydrogen-bond donors (Lipinski definition) is 2. The number of nitrogens with one attached hydrogen (secondary N) is 1.